The van der Waals surface area contributed by atoms with Crippen molar-refractivity contribution in [2.45, 2.75) is 0 Å². The third-order valence-electron chi connectivity index (χ3n) is 3.05. The Hall–Kier alpha value is -2.02. The number of carbonyl (C=O) groups is 1. The summed E-state index contributed by atoms with van der Waals surface area (Å²) in [6.07, 6.45) is 0. The van der Waals surface area contributed by atoms with Crippen LogP contribution < -0.4 is 10.1 Å². The lowest BCUT2D eigenvalue weighted by molar-refractivity contribution is 0.0998. The van der Waals surface area contributed by atoms with E-state index >= 15 is 0 Å². The van der Waals surface area contributed by atoms with Crippen molar-refractivity contribution in [1.29, 1.82) is 0 Å². The van der Waals surface area contributed by atoms with Crippen molar-refractivity contribution in [2.75, 3.05) is 12.4 Å². The Balaban J connectivity index is 1.89. The topological polar surface area (TPSA) is 51.5 Å². The molecule has 1 heterocycles. The Morgan fingerprint density at radius 1 is 1.19 bits per heavy atom. The second-order valence-corrected chi connectivity index (χ2v) is 5.70. The van der Waals surface area contributed by atoms with Crippen LogP contribution in [0.1, 0.15) is 10.6 Å². The van der Waals surface area contributed by atoms with E-state index in [4.69, 9.17) is 9.15 Å². The summed E-state index contributed by atoms with van der Waals surface area (Å²) in [5.41, 5.74) is 1.31. The molecule has 0 atom stereocenters. The average Bonchev–Trinajstić information content (AvgIpc) is 2.93. The van der Waals surface area contributed by atoms with Crippen LogP contribution in [0, 0.1) is 3.57 Å². The predicted molar refractivity (Wildman–Crippen MR) is 89.9 cm³/mol. The molecule has 3 aromatic rings. The van der Waals surface area contributed by atoms with E-state index in [0.717, 1.165) is 14.6 Å². The third kappa shape index (κ3) is 2.87. The quantitative estimate of drug-likeness (QED) is 0.676. The SMILES string of the molecule is COc1cccc2cc(C(=O)Nc3ccc(I)cc3)oc12. The maximum Gasteiger partial charge on any atom is 0.291 e. The number of fused-ring (bicyclic) bond motifs is 1. The van der Waals surface area contributed by atoms with Crippen LogP contribution in [0.5, 0.6) is 5.75 Å². The van der Waals surface area contributed by atoms with E-state index in [9.17, 15) is 4.79 Å². The fourth-order valence-electron chi connectivity index (χ4n) is 2.03. The van der Waals surface area contributed by atoms with Crippen LogP contribution in [-0.2, 0) is 0 Å². The highest BCUT2D eigenvalue weighted by atomic mass is 127. The van der Waals surface area contributed by atoms with Gasteiger partial charge < -0.3 is 14.5 Å². The standard InChI is InChI=1S/C16H12INO3/c1-20-13-4-2-3-10-9-14(21-15(10)13)16(19)18-12-7-5-11(17)6-8-12/h2-9H,1H3,(H,18,19). The fourth-order valence-corrected chi connectivity index (χ4v) is 2.39. The number of halogens is 1. The van der Waals surface area contributed by atoms with Gasteiger partial charge in [-0.2, -0.15) is 0 Å². The molecule has 1 aromatic heterocycles. The molecule has 0 saturated carbocycles. The van der Waals surface area contributed by atoms with Gasteiger partial charge in [-0.15, -0.1) is 0 Å². The Morgan fingerprint density at radius 2 is 1.95 bits per heavy atom. The molecule has 0 unspecified atom stereocenters. The number of para-hydroxylation sites is 1. The van der Waals surface area contributed by atoms with E-state index in [1.807, 2.05) is 36.4 Å². The summed E-state index contributed by atoms with van der Waals surface area (Å²) in [4.78, 5) is 12.2. The lowest BCUT2D eigenvalue weighted by Crippen LogP contribution is -2.10. The minimum Gasteiger partial charge on any atom is -0.493 e. The molecule has 0 aliphatic carbocycles. The summed E-state index contributed by atoms with van der Waals surface area (Å²) >= 11 is 2.21. The van der Waals surface area contributed by atoms with Crippen molar-refractivity contribution in [1.82, 2.24) is 0 Å². The highest BCUT2D eigenvalue weighted by molar-refractivity contribution is 14.1. The number of hydrogen-bond acceptors (Lipinski definition) is 3. The molecule has 2 aromatic carbocycles. The molecule has 3 rings (SSSR count). The monoisotopic (exact) mass is 393 g/mol. The van der Waals surface area contributed by atoms with Gasteiger partial charge in [-0.05, 0) is 59.0 Å². The van der Waals surface area contributed by atoms with Gasteiger partial charge in [0.15, 0.2) is 17.1 Å². The summed E-state index contributed by atoms with van der Waals surface area (Å²) in [7, 11) is 1.57. The smallest absolute Gasteiger partial charge is 0.291 e. The molecule has 21 heavy (non-hydrogen) atoms. The molecule has 0 fully saturated rings. The number of anilines is 1. The molecule has 0 radical (unpaired) electrons. The fraction of sp³-hybridized carbons (Fsp3) is 0.0625. The first kappa shape index (κ1) is 13.9. The number of methoxy groups -OCH3 is 1. The molecule has 0 spiro atoms. The van der Waals surface area contributed by atoms with Crippen molar-refractivity contribution in [3.8, 4) is 5.75 Å². The minimum atomic E-state index is -0.283. The van der Waals surface area contributed by atoms with Crippen LogP contribution in [-0.4, -0.2) is 13.0 Å². The number of rotatable bonds is 3. The molecular formula is C16H12INO3. The van der Waals surface area contributed by atoms with Crippen molar-refractivity contribution in [2.24, 2.45) is 0 Å². The Bertz CT molecular complexity index is 793. The van der Waals surface area contributed by atoms with Crippen molar-refractivity contribution < 1.29 is 13.9 Å². The first-order valence-electron chi connectivity index (χ1n) is 6.31. The van der Waals surface area contributed by atoms with Crippen molar-refractivity contribution >= 4 is 45.2 Å². The molecule has 106 valence electrons. The molecule has 1 N–H and O–H groups in total. The van der Waals surface area contributed by atoms with Gasteiger partial charge in [0, 0.05) is 14.6 Å². The van der Waals surface area contributed by atoms with Gasteiger partial charge in [0.2, 0.25) is 0 Å². The van der Waals surface area contributed by atoms with E-state index in [0.29, 0.717) is 11.3 Å². The maximum atomic E-state index is 12.2. The number of carbonyl (C=O) groups excluding carboxylic acids is 1. The zero-order chi connectivity index (χ0) is 14.8. The van der Waals surface area contributed by atoms with Gasteiger partial charge in [0.25, 0.3) is 5.91 Å². The van der Waals surface area contributed by atoms with Crippen LogP contribution in [0.3, 0.4) is 0 Å². The number of nitrogens with one attached hydrogen (secondary N) is 1. The molecule has 4 nitrogen and oxygen atoms in total. The molecule has 0 bridgehead atoms. The number of benzene rings is 2. The van der Waals surface area contributed by atoms with Crippen LogP contribution in [0.15, 0.2) is 52.9 Å². The van der Waals surface area contributed by atoms with Crippen LogP contribution in [0.4, 0.5) is 5.69 Å². The minimum absolute atomic E-state index is 0.257. The van der Waals surface area contributed by atoms with Crippen LogP contribution >= 0.6 is 22.6 Å². The third-order valence-corrected chi connectivity index (χ3v) is 3.77. The lowest BCUT2D eigenvalue weighted by atomic mass is 10.2. The molecular weight excluding hydrogens is 381 g/mol. The molecule has 0 aliphatic heterocycles. The zero-order valence-corrected chi connectivity index (χ0v) is 13.4. The lowest BCUT2D eigenvalue weighted by Gasteiger charge is -2.02. The Morgan fingerprint density at radius 3 is 2.67 bits per heavy atom. The van der Waals surface area contributed by atoms with Gasteiger partial charge in [0.1, 0.15) is 0 Å². The zero-order valence-electron chi connectivity index (χ0n) is 11.2. The first-order valence-corrected chi connectivity index (χ1v) is 7.39. The number of hydrogen-bond donors (Lipinski definition) is 1. The van der Waals surface area contributed by atoms with Gasteiger partial charge in [-0.1, -0.05) is 12.1 Å². The van der Waals surface area contributed by atoms with Crippen LogP contribution in [0.25, 0.3) is 11.0 Å². The second-order valence-electron chi connectivity index (χ2n) is 4.45. The van der Waals surface area contributed by atoms with E-state index in [1.165, 1.54) is 0 Å². The van der Waals surface area contributed by atoms with E-state index in [1.54, 1.807) is 19.2 Å². The Kier molecular flexibility index (Phi) is 3.83. The molecule has 0 saturated heterocycles. The van der Waals surface area contributed by atoms with Crippen molar-refractivity contribution in [3.05, 3.63) is 57.9 Å². The largest absolute Gasteiger partial charge is 0.493 e. The summed E-state index contributed by atoms with van der Waals surface area (Å²) in [5, 5.41) is 3.64. The summed E-state index contributed by atoms with van der Waals surface area (Å²) in [6.45, 7) is 0. The van der Waals surface area contributed by atoms with Gasteiger partial charge >= 0.3 is 0 Å². The van der Waals surface area contributed by atoms with E-state index in [2.05, 4.69) is 27.9 Å². The average molecular weight is 393 g/mol. The normalized spacial score (nSPS) is 10.6. The van der Waals surface area contributed by atoms with Gasteiger partial charge in [-0.3, -0.25) is 4.79 Å². The summed E-state index contributed by atoms with van der Waals surface area (Å²) in [6, 6.07) is 14.8. The summed E-state index contributed by atoms with van der Waals surface area (Å²) in [5.74, 6) is 0.586. The number of amides is 1. The molecule has 0 aliphatic rings. The van der Waals surface area contributed by atoms with E-state index in [-0.39, 0.29) is 11.7 Å². The van der Waals surface area contributed by atoms with Crippen molar-refractivity contribution in [3.63, 3.8) is 0 Å². The van der Waals surface area contributed by atoms with Gasteiger partial charge in [-0.25, -0.2) is 0 Å². The molecule has 5 heteroatoms. The van der Waals surface area contributed by atoms with Crippen LogP contribution in [0.2, 0.25) is 0 Å². The number of ether oxygens (including phenoxy) is 1. The van der Waals surface area contributed by atoms with E-state index < -0.39 is 0 Å². The van der Waals surface area contributed by atoms with Gasteiger partial charge in [0.05, 0.1) is 7.11 Å². The highest BCUT2D eigenvalue weighted by Crippen LogP contribution is 2.28. The first-order chi connectivity index (χ1) is 10.2. The second kappa shape index (κ2) is 5.77. The maximum absolute atomic E-state index is 12.2. The Labute approximate surface area is 135 Å². The highest BCUT2D eigenvalue weighted by Gasteiger charge is 2.14. The number of furan rings is 1. The predicted octanol–water partition coefficient (Wildman–Crippen LogP) is 4.30. The molecule has 1 amide bonds. The summed E-state index contributed by atoms with van der Waals surface area (Å²) < 4.78 is 11.9.